The minimum Gasteiger partial charge on any atom is -0.493 e. The summed E-state index contributed by atoms with van der Waals surface area (Å²) >= 11 is 0. The van der Waals surface area contributed by atoms with Gasteiger partial charge >= 0.3 is 0 Å². The molecule has 0 amide bonds. The molecule has 0 unspecified atom stereocenters. The van der Waals surface area contributed by atoms with Crippen molar-refractivity contribution in [2.24, 2.45) is 5.73 Å². The van der Waals surface area contributed by atoms with Gasteiger partial charge in [0, 0.05) is 11.6 Å². The molecule has 0 aromatic heterocycles. The van der Waals surface area contributed by atoms with Crippen LogP contribution in [0.2, 0.25) is 0 Å². The van der Waals surface area contributed by atoms with Crippen molar-refractivity contribution < 1.29 is 13.5 Å². The molecule has 0 heterocycles. The second-order valence-corrected chi connectivity index (χ2v) is 2.77. The average molecular weight is 187 g/mol. The number of halogens is 2. The van der Waals surface area contributed by atoms with E-state index >= 15 is 0 Å². The number of nitrogens with two attached hydrogens (primary N) is 1. The molecule has 0 aliphatic carbocycles. The maximum atomic E-state index is 13.1. The second-order valence-electron chi connectivity index (χ2n) is 2.77. The standard InChI is InChI=1S/C9H11F2NO/c1-5(12)6-3-4-7(10)8(11)9(6)13-2/h3-5H,12H2,1-2H3/t5-/m1/s1. The van der Waals surface area contributed by atoms with E-state index in [1.54, 1.807) is 6.92 Å². The SMILES string of the molecule is COc1c([C@@H](C)N)ccc(F)c1F. The number of rotatable bonds is 2. The van der Waals surface area contributed by atoms with E-state index in [2.05, 4.69) is 0 Å². The summed E-state index contributed by atoms with van der Waals surface area (Å²) in [6, 6.07) is 2.07. The van der Waals surface area contributed by atoms with Gasteiger partial charge in [-0.15, -0.1) is 0 Å². The molecule has 13 heavy (non-hydrogen) atoms. The highest BCUT2D eigenvalue weighted by molar-refractivity contribution is 5.37. The Labute approximate surface area is 75.3 Å². The highest BCUT2D eigenvalue weighted by Crippen LogP contribution is 2.28. The van der Waals surface area contributed by atoms with Gasteiger partial charge in [-0.25, -0.2) is 4.39 Å². The first kappa shape index (κ1) is 9.92. The van der Waals surface area contributed by atoms with Crippen molar-refractivity contribution in [3.8, 4) is 5.75 Å². The van der Waals surface area contributed by atoms with E-state index in [9.17, 15) is 8.78 Å². The first-order chi connectivity index (χ1) is 6.07. The molecule has 72 valence electrons. The Morgan fingerprint density at radius 3 is 2.46 bits per heavy atom. The molecule has 0 fully saturated rings. The average Bonchev–Trinajstić information content (AvgIpc) is 2.09. The van der Waals surface area contributed by atoms with Crippen molar-refractivity contribution in [2.75, 3.05) is 7.11 Å². The maximum Gasteiger partial charge on any atom is 0.200 e. The molecule has 1 aromatic carbocycles. The number of hydrogen-bond donors (Lipinski definition) is 1. The van der Waals surface area contributed by atoms with Gasteiger partial charge in [-0.2, -0.15) is 4.39 Å². The van der Waals surface area contributed by atoms with Gasteiger partial charge in [-0.05, 0) is 13.0 Å². The van der Waals surface area contributed by atoms with Crippen molar-refractivity contribution in [3.63, 3.8) is 0 Å². The summed E-state index contributed by atoms with van der Waals surface area (Å²) in [5, 5.41) is 0. The van der Waals surface area contributed by atoms with Crippen LogP contribution < -0.4 is 10.5 Å². The van der Waals surface area contributed by atoms with Crippen LogP contribution in [0.1, 0.15) is 18.5 Å². The molecular formula is C9H11F2NO. The minimum absolute atomic E-state index is 0.116. The van der Waals surface area contributed by atoms with E-state index in [1.165, 1.54) is 13.2 Å². The number of methoxy groups -OCH3 is 1. The Morgan fingerprint density at radius 2 is 2.00 bits per heavy atom. The van der Waals surface area contributed by atoms with Crippen LogP contribution in [0.3, 0.4) is 0 Å². The van der Waals surface area contributed by atoms with Gasteiger partial charge in [0.1, 0.15) is 0 Å². The van der Waals surface area contributed by atoms with Gasteiger partial charge < -0.3 is 10.5 Å². The van der Waals surface area contributed by atoms with Crippen LogP contribution >= 0.6 is 0 Å². The van der Waals surface area contributed by atoms with E-state index < -0.39 is 11.6 Å². The highest BCUT2D eigenvalue weighted by Gasteiger charge is 2.15. The molecule has 0 bridgehead atoms. The van der Waals surface area contributed by atoms with Gasteiger partial charge in [-0.3, -0.25) is 0 Å². The Morgan fingerprint density at radius 1 is 1.38 bits per heavy atom. The van der Waals surface area contributed by atoms with Crippen LogP contribution in [0.25, 0.3) is 0 Å². The molecule has 2 nitrogen and oxygen atoms in total. The lowest BCUT2D eigenvalue weighted by Crippen LogP contribution is -2.08. The minimum atomic E-state index is -0.989. The first-order valence-corrected chi connectivity index (χ1v) is 3.85. The van der Waals surface area contributed by atoms with Crippen LogP contribution in [-0.2, 0) is 0 Å². The summed E-state index contributed by atoms with van der Waals surface area (Å²) in [5.41, 5.74) is 6.00. The maximum absolute atomic E-state index is 13.1. The van der Waals surface area contributed by atoms with Gasteiger partial charge in [0.25, 0.3) is 0 Å². The Hall–Kier alpha value is -1.16. The van der Waals surface area contributed by atoms with E-state index in [0.29, 0.717) is 5.56 Å². The molecule has 0 saturated carbocycles. The number of ether oxygens (including phenoxy) is 1. The molecule has 1 rings (SSSR count). The van der Waals surface area contributed by atoms with Gasteiger partial charge in [0.15, 0.2) is 11.6 Å². The fourth-order valence-corrected chi connectivity index (χ4v) is 1.11. The largest absolute Gasteiger partial charge is 0.493 e. The van der Waals surface area contributed by atoms with E-state index in [4.69, 9.17) is 10.5 Å². The topological polar surface area (TPSA) is 35.2 Å². The van der Waals surface area contributed by atoms with E-state index in [0.717, 1.165) is 6.07 Å². The van der Waals surface area contributed by atoms with Gasteiger partial charge in [0.05, 0.1) is 7.11 Å². The molecule has 1 aromatic rings. The van der Waals surface area contributed by atoms with Crippen LogP contribution in [-0.4, -0.2) is 7.11 Å². The first-order valence-electron chi connectivity index (χ1n) is 3.85. The van der Waals surface area contributed by atoms with Crippen molar-refractivity contribution in [3.05, 3.63) is 29.3 Å². The summed E-state index contributed by atoms with van der Waals surface area (Å²) < 4.78 is 30.5. The summed E-state index contributed by atoms with van der Waals surface area (Å²) in [6.07, 6.45) is 0. The summed E-state index contributed by atoms with van der Waals surface area (Å²) in [6.45, 7) is 1.68. The third-order valence-electron chi connectivity index (χ3n) is 1.78. The fraction of sp³-hybridized carbons (Fsp3) is 0.333. The third kappa shape index (κ3) is 1.78. The van der Waals surface area contributed by atoms with Crippen LogP contribution in [0, 0.1) is 11.6 Å². The lowest BCUT2D eigenvalue weighted by atomic mass is 10.1. The monoisotopic (exact) mass is 187 g/mol. The lowest BCUT2D eigenvalue weighted by molar-refractivity contribution is 0.364. The third-order valence-corrected chi connectivity index (χ3v) is 1.78. The van der Waals surface area contributed by atoms with Gasteiger partial charge in [-0.1, -0.05) is 6.07 Å². The number of benzene rings is 1. The summed E-state index contributed by atoms with van der Waals surface area (Å²) in [5.74, 6) is -2.03. The fourth-order valence-electron chi connectivity index (χ4n) is 1.11. The molecule has 0 spiro atoms. The molecule has 2 N–H and O–H groups in total. The summed E-state index contributed by atoms with van der Waals surface area (Å²) in [4.78, 5) is 0. The Balaban J connectivity index is 3.30. The molecule has 0 aliphatic rings. The molecular weight excluding hydrogens is 176 g/mol. The highest BCUT2D eigenvalue weighted by atomic mass is 19.2. The van der Waals surface area contributed by atoms with Crippen molar-refractivity contribution in [1.82, 2.24) is 0 Å². The molecule has 1 atom stereocenters. The van der Waals surface area contributed by atoms with Crippen LogP contribution in [0.15, 0.2) is 12.1 Å². The second kappa shape index (κ2) is 3.70. The molecule has 4 heteroatoms. The summed E-state index contributed by atoms with van der Waals surface area (Å²) in [7, 11) is 1.28. The van der Waals surface area contributed by atoms with Gasteiger partial charge in [0.2, 0.25) is 5.82 Å². The Kier molecular flexibility index (Phi) is 2.83. The normalized spacial score (nSPS) is 12.7. The van der Waals surface area contributed by atoms with Crippen LogP contribution in [0.5, 0.6) is 5.75 Å². The van der Waals surface area contributed by atoms with E-state index in [-0.39, 0.29) is 11.8 Å². The molecule has 0 aliphatic heterocycles. The van der Waals surface area contributed by atoms with Crippen molar-refractivity contribution in [1.29, 1.82) is 0 Å². The predicted molar refractivity (Wildman–Crippen MR) is 45.5 cm³/mol. The number of hydrogen-bond acceptors (Lipinski definition) is 2. The molecule has 0 saturated heterocycles. The van der Waals surface area contributed by atoms with Crippen molar-refractivity contribution >= 4 is 0 Å². The predicted octanol–water partition coefficient (Wildman–Crippen LogP) is 1.99. The quantitative estimate of drug-likeness (QED) is 0.768. The zero-order chi connectivity index (χ0) is 10.0. The lowest BCUT2D eigenvalue weighted by Gasteiger charge is -2.12. The van der Waals surface area contributed by atoms with Crippen LogP contribution in [0.4, 0.5) is 8.78 Å². The Bertz CT molecular complexity index is 313. The zero-order valence-electron chi connectivity index (χ0n) is 7.47. The van der Waals surface area contributed by atoms with Crippen molar-refractivity contribution in [2.45, 2.75) is 13.0 Å². The smallest absolute Gasteiger partial charge is 0.200 e. The molecule has 0 radical (unpaired) electrons. The van der Waals surface area contributed by atoms with E-state index in [1.807, 2.05) is 0 Å². The zero-order valence-corrected chi connectivity index (χ0v) is 7.47.